The van der Waals surface area contributed by atoms with E-state index in [-0.39, 0.29) is 30.9 Å². The molecule has 0 heterocycles. The first kappa shape index (κ1) is 17.9. The zero-order chi connectivity index (χ0) is 15.9. The standard InChI is InChI=1S/C13H18F3NO3S/c14-13(15,16)8-1-2-9-17-21(19,20)12-5-3-11(4-6-12)7-10-18/h3-6,17-18H,1-2,7-10H2. The fourth-order valence-electron chi connectivity index (χ4n) is 1.70. The number of unbranched alkanes of at least 4 members (excludes halogenated alkanes) is 1. The molecule has 0 aliphatic carbocycles. The Balaban J connectivity index is 2.46. The Hall–Kier alpha value is -1.12. The van der Waals surface area contributed by atoms with Crippen molar-refractivity contribution < 1.29 is 26.7 Å². The maximum Gasteiger partial charge on any atom is 0.389 e. The van der Waals surface area contributed by atoms with Crippen molar-refractivity contribution >= 4 is 10.0 Å². The number of nitrogens with one attached hydrogen (secondary N) is 1. The van der Waals surface area contributed by atoms with Crippen LogP contribution in [0.5, 0.6) is 0 Å². The maximum atomic E-state index is 11.9. The molecule has 0 spiro atoms. The fraction of sp³-hybridized carbons (Fsp3) is 0.538. The van der Waals surface area contributed by atoms with Crippen LogP contribution < -0.4 is 4.72 Å². The van der Waals surface area contributed by atoms with Crippen LogP contribution in [0.15, 0.2) is 29.2 Å². The topological polar surface area (TPSA) is 66.4 Å². The highest BCUT2D eigenvalue weighted by Crippen LogP contribution is 2.22. The van der Waals surface area contributed by atoms with Crippen molar-refractivity contribution in [2.75, 3.05) is 13.2 Å². The second kappa shape index (κ2) is 7.77. The number of rotatable bonds is 8. The molecule has 0 atom stereocenters. The normalized spacial score (nSPS) is 12.6. The molecule has 0 aliphatic heterocycles. The van der Waals surface area contributed by atoms with E-state index in [1.807, 2.05) is 0 Å². The van der Waals surface area contributed by atoms with Crippen LogP contribution in [0.1, 0.15) is 24.8 Å². The molecular weight excluding hydrogens is 307 g/mol. The van der Waals surface area contributed by atoms with Gasteiger partial charge in [0.25, 0.3) is 0 Å². The van der Waals surface area contributed by atoms with Crippen molar-refractivity contribution in [3.63, 3.8) is 0 Å². The van der Waals surface area contributed by atoms with Gasteiger partial charge in [-0.15, -0.1) is 0 Å². The van der Waals surface area contributed by atoms with E-state index < -0.39 is 22.6 Å². The summed E-state index contributed by atoms with van der Waals surface area (Å²) in [5.74, 6) is 0. The van der Waals surface area contributed by atoms with Crippen LogP contribution in [-0.2, 0) is 16.4 Å². The molecule has 0 radical (unpaired) electrons. The van der Waals surface area contributed by atoms with E-state index in [9.17, 15) is 21.6 Å². The Morgan fingerprint density at radius 1 is 1.10 bits per heavy atom. The van der Waals surface area contributed by atoms with Crippen molar-refractivity contribution in [2.24, 2.45) is 0 Å². The molecular formula is C13H18F3NO3S. The molecule has 2 N–H and O–H groups in total. The lowest BCUT2D eigenvalue weighted by Crippen LogP contribution is -2.25. The number of aliphatic hydroxyl groups is 1. The third-order valence-electron chi connectivity index (χ3n) is 2.81. The molecule has 0 saturated heterocycles. The fourth-order valence-corrected chi connectivity index (χ4v) is 2.78. The predicted molar refractivity (Wildman–Crippen MR) is 72.3 cm³/mol. The van der Waals surface area contributed by atoms with E-state index in [4.69, 9.17) is 5.11 Å². The molecule has 1 aromatic carbocycles. The Labute approximate surface area is 122 Å². The summed E-state index contributed by atoms with van der Waals surface area (Å²) < 4.78 is 61.8. The first-order valence-electron chi connectivity index (χ1n) is 6.51. The summed E-state index contributed by atoms with van der Waals surface area (Å²) in [6, 6.07) is 5.99. The number of aliphatic hydroxyl groups excluding tert-OH is 1. The summed E-state index contributed by atoms with van der Waals surface area (Å²) in [4.78, 5) is 0.0556. The largest absolute Gasteiger partial charge is 0.396 e. The minimum absolute atomic E-state index is 0.0243. The molecule has 0 aromatic heterocycles. The molecule has 0 bridgehead atoms. The van der Waals surface area contributed by atoms with Crippen molar-refractivity contribution in [3.8, 4) is 0 Å². The molecule has 1 rings (SSSR count). The van der Waals surface area contributed by atoms with E-state index in [1.54, 1.807) is 12.1 Å². The van der Waals surface area contributed by atoms with Crippen molar-refractivity contribution in [2.45, 2.75) is 36.8 Å². The van der Waals surface area contributed by atoms with Crippen LogP contribution in [0.2, 0.25) is 0 Å². The average Bonchev–Trinajstić information content (AvgIpc) is 2.38. The maximum absolute atomic E-state index is 11.9. The molecule has 0 saturated carbocycles. The first-order chi connectivity index (χ1) is 9.74. The van der Waals surface area contributed by atoms with Gasteiger partial charge in [0.2, 0.25) is 10.0 Å². The minimum atomic E-state index is -4.21. The van der Waals surface area contributed by atoms with Gasteiger partial charge in [-0.25, -0.2) is 13.1 Å². The zero-order valence-electron chi connectivity index (χ0n) is 11.4. The van der Waals surface area contributed by atoms with Gasteiger partial charge in [0.1, 0.15) is 0 Å². The van der Waals surface area contributed by atoms with Gasteiger partial charge in [-0.1, -0.05) is 12.1 Å². The second-order valence-corrected chi connectivity index (χ2v) is 6.35. The lowest BCUT2D eigenvalue weighted by atomic mass is 10.2. The van der Waals surface area contributed by atoms with Gasteiger partial charge in [0.15, 0.2) is 0 Å². The highest BCUT2D eigenvalue weighted by atomic mass is 32.2. The van der Waals surface area contributed by atoms with Gasteiger partial charge in [0.05, 0.1) is 4.90 Å². The van der Waals surface area contributed by atoms with Gasteiger partial charge in [-0.05, 0) is 37.0 Å². The van der Waals surface area contributed by atoms with Crippen LogP contribution in [0.4, 0.5) is 13.2 Å². The highest BCUT2D eigenvalue weighted by Gasteiger charge is 2.25. The molecule has 0 aliphatic rings. The summed E-state index contributed by atoms with van der Waals surface area (Å²) in [6.45, 7) is -0.0552. The summed E-state index contributed by atoms with van der Waals surface area (Å²) in [5.41, 5.74) is 0.807. The summed E-state index contributed by atoms with van der Waals surface area (Å²) in [5, 5.41) is 8.76. The quantitative estimate of drug-likeness (QED) is 0.720. The average molecular weight is 325 g/mol. The number of alkyl halides is 3. The lowest BCUT2D eigenvalue weighted by molar-refractivity contribution is -0.135. The smallest absolute Gasteiger partial charge is 0.389 e. The molecule has 0 amide bonds. The second-order valence-electron chi connectivity index (χ2n) is 4.59. The predicted octanol–water partition coefficient (Wildman–Crippen LogP) is 2.23. The van der Waals surface area contributed by atoms with Crippen LogP contribution in [0.25, 0.3) is 0 Å². The molecule has 21 heavy (non-hydrogen) atoms. The number of halogens is 3. The third-order valence-corrected chi connectivity index (χ3v) is 4.29. The van der Waals surface area contributed by atoms with Crippen LogP contribution in [0.3, 0.4) is 0 Å². The number of hydrogen-bond acceptors (Lipinski definition) is 3. The first-order valence-corrected chi connectivity index (χ1v) is 7.99. The third kappa shape index (κ3) is 6.92. The van der Waals surface area contributed by atoms with Crippen molar-refractivity contribution in [3.05, 3.63) is 29.8 Å². The zero-order valence-corrected chi connectivity index (χ0v) is 12.2. The Kier molecular flexibility index (Phi) is 6.63. The van der Waals surface area contributed by atoms with Gasteiger partial charge in [0, 0.05) is 19.6 Å². The van der Waals surface area contributed by atoms with E-state index >= 15 is 0 Å². The van der Waals surface area contributed by atoms with Crippen molar-refractivity contribution in [1.29, 1.82) is 0 Å². The number of sulfonamides is 1. The molecule has 0 fully saturated rings. The highest BCUT2D eigenvalue weighted by molar-refractivity contribution is 7.89. The Bertz CT molecular complexity index is 527. The molecule has 4 nitrogen and oxygen atoms in total. The SMILES string of the molecule is O=S(=O)(NCCCCC(F)(F)F)c1ccc(CCO)cc1. The van der Waals surface area contributed by atoms with E-state index in [0.717, 1.165) is 5.56 Å². The molecule has 0 unspecified atom stereocenters. The van der Waals surface area contributed by atoms with E-state index in [0.29, 0.717) is 6.42 Å². The summed E-state index contributed by atoms with van der Waals surface area (Å²) >= 11 is 0. The summed E-state index contributed by atoms with van der Waals surface area (Å²) in [6.07, 6.45) is -4.67. The monoisotopic (exact) mass is 325 g/mol. The summed E-state index contributed by atoms with van der Waals surface area (Å²) in [7, 11) is -3.70. The molecule has 8 heteroatoms. The van der Waals surface area contributed by atoms with E-state index in [2.05, 4.69) is 4.72 Å². The van der Waals surface area contributed by atoms with Gasteiger partial charge >= 0.3 is 6.18 Å². The van der Waals surface area contributed by atoms with Gasteiger partial charge in [-0.2, -0.15) is 13.2 Å². The van der Waals surface area contributed by atoms with Crippen molar-refractivity contribution in [1.82, 2.24) is 4.72 Å². The van der Waals surface area contributed by atoms with Crippen LogP contribution >= 0.6 is 0 Å². The van der Waals surface area contributed by atoms with Gasteiger partial charge < -0.3 is 5.11 Å². The Morgan fingerprint density at radius 3 is 2.24 bits per heavy atom. The minimum Gasteiger partial charge on any atom is -0.396 e. The molecule has 1 aromatic rings. The van der Waals surface area contributed by atoms with Gasteiger partial charge in [-0.3, -0.25) is 0 Å². The van der Waals surface area contributed by atoms with Crippen LogP contribution in [0, 0.1) is 0 Å². The Morgan fingerprint density at radius 2 is 1.71 bits per heavy atom. The molecule has 120 valence electrons. The number of benzene rings is 1. The van der Waals surface area contributed by atoms with E-state index in [1.165, 1.54) is 12.1 Å². The lowest BCUT2D eigenvalue weighted by Gasteiger charge is -2.08. The number of hydrogen-bond donors (Lipinski definition) is 2. The van der Waals surface area contributed by atoms with Crippen LogP contribution in [-0.4, -0.2) is 32.9 Å².